The average Bonchev–Trinajstić information content (AvgIpc) is 3.30. The lowest BCUT2D eigenvalue weighted by molar-refractivity contribution is -0.118. The van der Waals surface area contributed by atoms with E-state index < -0.39 is 0 Å². The van der Waals surface area contributed by atoms with Crippen LogP contribution in [0.1, 0.15) is 18.4 Å². The molecule has 3 nitrogen and oxygen atoms in total. The highest BCUT2D eigenvalue weighted by Crippen LogP contribution is 2.49. The van der Waals surface area contributed by atoms with Crippen LogP contribution in [0.5, 0.6) is 5.75 Å². The third kappa shape index (κ3) is 2.81. The number of amides is 1. The molecule has 1 amide bonds. The van der Waals surface area contributed by atoms with Crippen molar-refractivity contribution in [3.63, 3.8) is 0 Å². The van der Waals surface area contributed by atoms with Gasteiger partial charge in [-0.05, 0) is 54.8 Å². The molecule has 0 bridgehead atoms. The zero-order valence-electron chi connectivity index (χ0n) is 11.7. The minimum atomic E-state index is -0.360. The van der Waals surface area contributed by atoms with Gasteiger partial charge in [-0.3, -0.25) is 4.79 Å². The number of hydrogen-bond acceptors (Lipinski definition) is 2. The lowest BCUT2D eigenvalue weighted by Gasteiger charge is -2.16. The molecule has 108 valence electrons. The molecule has 0 radical (unpaired) electrons. The van der Waals surface area contributed by atoms with Crippen molar-refractivity contribution >= 4 is 27.5 Å². The van der Waals surface area contributed by atoms with Gasteiger partial charge >= 0.3 is 0 Å². The van der Waals surface area contributed by atoms with Crippen molar-refractivity contribution in [1.29, 1.82) is 0 Å². The maximum absolute atomic E-state index is 12.6. The van der Waals surface area contributed by atoms with Gasteiger partial charge in [-0.1, -0.05) is 28.1 Å². The lowest BCUT2D eigenvalue weighted by atomic mass is 9.95. The van der Waals surface area contributed by atoms with E-state index in [4.69, 9.17) is 4.74 Å². The van der Waals surface area contributed by atoms with Crippen molar-refractivity contribution in [2.75, 3.05) is 12.4 Å². The molecule has 1 aliphatic carbocycles. The van der Waals surface area contributed by atoms with Crippen molar-refractivity contribution < 1.29 is 9.53 Å². The van der Waals surface area contributed by atoms with Crippen LogP contribution in [0.4, 0.5) is 5.69 Å². The van der Waals surface area contributed by atoms with E-state index in [2.05, 4.69) is 21.2 Å². The molecule has 0 spiro atoms. The summed E-state index contributed by atoms with van der Waals surface area (Å²) in [6.45, 7) is 0. The van der Waals surface area contributed by atoms with Gasteiger partial charge in [0.1, 0.15) is 5.75 Å². The number of ether oxygens (including phenoxy) is 1. The van der Waals surface area contributed by atoms with E-state index in [1.54, 1.807) is 7.11 Å². The number of hydrogen-bond donors (Lipinski definition) is 1. The summed E-state index contributed by atoms with van der Waals surface area (Å²) in [5.74, 6) is 0.844. The molecule has 4 heteroatoms. The topological polar surface area (TPSA) is 38.3 Å². The van der Waals surface area contributed by atoms with Gasteiger partial charge in [-0.2, -0.15) is 0 Å². The Kier molecular flexibility index (Phi) is 3.72. The van der Waals surface area contributed by atoms with E-state index in [1.165, 1.54) is 0 Å². The van der Waals surface area contributed by atoms with Gasteiger partial charge in [-0.25, -0.2) is 0 Å². The first-order chi connectivity index (χ1) is 10.1. The van der Waals surface area contributed by atoms with Crippen LogP contribution >= 0.6 is 15.9 Å². The molecular formula is C17H16BrNO2. The fraction of sp³-hybridized carbons (Fsp3) is 0.235. The Morgan fingerprint density at radius 2 is 1.71 bits per heavy atom. The molecule has 1 N–H and O–H groups in total. The molecule has 0 saturated heterocycles. The molecule has 0 unspecified atom stereocenters. The molecule has 0 aliphatic heterocycles. The minimum Gasteiger partial charge on any atom is -0.497 e. The summed E-state index contributed by atoms with van der Waals surface area (Å²) in [5, 5.41) is 3.00. The first-order valence-corrected chi connectivity index (χ1v) is 7.65. The van der Waals surface area contributed by atoms with Crippen LogP contribution in [0.15, 0.2) is 53.0 Å². The standard InChI is InChI=1S/C17H16BrNO2/c1-21-15-8-6-14(7-9-15)19-16(20)17(10-11-17)12-2-4-13(18)5-3-12/h2-9H,10-11H2,1H3,(H,19,20). The van der Waals surface area contributed by atoms with Crippen LogP contribution in [0.3, 0.4) is 0 Å². The van der Waals surface area contributed by atoms with Crippen molar-refractivity contribution in [3.05, 3.63) is 58.6 Å². The second-order valence-electron chi connectivity index (χ2n) is 5.27. The number of anilines is 1. The maximum Gasteiger partial charge on any atom is 0.235 e. The molecule has 0 atom stereocenters. The molecule has 2 aromatic carbocycles. The summed E-state index contributed by atoms with van der Waals surface area (Å²) in [6.07, 6.45) is 1.80. The first-order valence-electron chi connectivity index (χ1n) is 6.86. The average molecular weight is 346 g/mol. The van der Waals surface area contributed by atoms with E-state index in [-0.39, 0.29) is 11.3 Å². The van der Waals surface area contributed by atoms with Crippen molar-refractivity contribution in [3.8, 4) is 5.75 Å². The Labute approximate surface area is 132 Å². The number of nitrogens with one attached hydrogen (secondary N) is 1. The molecular weight excluding hydrogens is 330 g/mol. The van der Waals surface area contributed by atoms with Gasteiger partial charge in [0.15, 0.2) is 0 Å². The number of rotatable bonds is 4. The smallest absolute Gasteiger partial charge is 0.235 e. The summed E-state index contributed by atoms with van der Waals surface area (Å²) >= 11 is 3.42. The van der Waals surface area contributed by atoms with Gasteiger partial charge in [0.2, 0.25) is 5.91 Å². The Morgan fingerprint density at radius 1 is 1.10 bits per heavy atom. The predicted octanol–water partition coefficient (Wildman–Crippen LogP) is 4.13. The zero-order chi connectivity index (χ0) is 14.9. The lowest BCUT2D eigenvalue weighted by Crippen LogP contribution is -2.27. The van der Waals surface area contributed by atoms with Crippen LogP contribution in [0, 0.1) is 0 Å². The number of carbonyl (C=O) groups excluding carboxylic acids is 1. The molecule has 2 aromatic rings. The molecule has 1 saturated carbocycles. The summed E-state index contributed by atoms with van der Waals surface area (Å²) < 4.78 is 6.14. The number of halogens is 1. The fourth-order valence-corrected chi connectivity index (χ4v) is 2.73. The summed E-state index contributed by atoms with van der Waals surface area (Å²) in [6, 6.07) is 15.4. The normalized spacial score (nSPS) is 15.3. The molecule has 1 fully saturated rings. The van der Waals surface area contributed by atoms with E-state index in [1.807, 2.05) is 48.5 Å². The third-order valence-electron chi connectivity index (χ3n) is 3.93. The van der Waals surface area contributed by atoms with Crippen molar-refractivity contribution in [1.82, 2.24) is 0 Å². The Balaban J connectivity index is 1.76. The fourth-order valence-electron chi connectivity index (χ4n) is 2.47. The number of benzene rings is 2. The molecule has 0 heterocycles. The second-order valence-corrected chi connectivity index (χ2v) is 6.19. The summed E-state index contributed by atoms with van der Waals surface area (Å²) in [5.41, 5.74) is 1.52. The highest BCUT2D eigenvalue weighted by atomic mass is 79.9. The van der Waals surface area contributed by atoms with Crippen LogP contribution < -0.4 is 10.1 Å². The largest absolute Gasteiger partial charge is 0.497 e. The molecule has 3 rings (SSSR count). The Bertz CT molecular complexity index is 645. The Hall–Kier alpha value is -1.81. The monoisotopic (exact) mass is 345 g/mol. The predicted molar refractivity (Wildman–Crippen MR) is 86.7 cm³/mol. The third-order valence-corrected chi connectivity index (χ3v) is 4.46. The van der Waals surface area contributed by atoms with Gasteiger partial charge in [0, 0.05) is 10.2 Å². The highest BCUT2D eigenvalue weighted by molar-refractivity contribution is 9.10. The van der Waals surface area contributed by atoms with E-state index in [0.29, 0.717) is 0 Å². The summed E-state index contributed by atoms with van der Waals surface area (Å²) in [4.78, 5) is 12.6. The quantitative estimate of drug-likeness (QED) is 0.904. The van der Waals surface area contributed by atoms with Crippen LogP contribution in [0.2, 0.25) is 0 Å². The van der Waals surface area contributed by atoms with Gasteiger partial charge in [0.05, 0.1) is 12.5 Å². The second kappa shape index (κ2) is 5.53. The van der Waals surface area contributed by atoms with Crippen LogP contribution in [-0.4, -0.2) is 13.0 Å². The molecule has 1 aliphatic rings. The molecule has 21 heavy (non-hydrogen) atoms. The summed E-state index contributed by atoms with van der Waals surface area (Å²) in [7, 11) is 1.63. The van der Waals surface area contributed by atoms with Crippen LogP contribution in [-0.2, 0) is 10.2 Å². The molecule has 0 aromatic heterocycles. The van der Waals surface area contributed by atoms with E-state index in [9.17, 15) is 4.79 Å². The van der Waals surface area contributed by atoms with Crippen LogP contribution in [0.25, 0.3) is 0 Å². The number of methoxy groups -OCH3 is 1. The van der Waals surface area contributed by atoms with Gasteiger partial charge in [-0.15, -0.1) is 0 Å². The zero-order valence-corrected chi connectivity index (χ0v) is 13.3. The van der Waals surface area contributed by atoms with Crippen molar-refractivity contribution in [2.45, 2.75) is 18.3 Å². The first kappa shape index (κ1) is 14.1. The van der Waals surface area contributed by atoms with Gasteiger partial charge in [0.25, 0.3) is 0 Å². The van der Waals surface area contributed by atoms with E-state index >= 15 is 0 Å². The highest BCUT2D eigenvalue weighted by Gasteiger charge is 2.51. The Morgan fingerprint density at radius 3 is 2.24 bits per heavy atom. The van der Waals surface area contributed by atoms with Crippen molar-refractivity contribution in [2.24, 2.45) is 0 Å². The minimum absolute atomic E-state index is 0.0648. The number of carbonyl (C=O) groups is 1. The van der Waals surface area contributed by atoms with Gasteiger partial charge < -0.3 is 10.1 Å². The van der Waals surface area contributed by atoms with E-state index in [0.717, 1.165) is 34.3 Å². The maximum atomic E-state index is 12.6. The SMILES string of the molecule is COc1ccc(NC(=O)C2(c3ccc(Br)cc3)CC2)cc1.